The predicted molar refractivity (Wildman–Crippen MR) is 62.2 cm³/mol. The molecule has 17 heavy (non-hydrogen) atoms. The largest absolute Gasteiger partial charge is 0.476 e. The van der Waals surface area contributed by atoms with Gasteiger partial charge < -0.3 is 20.3 Å². The molecule has 0 saturated carbocycles. The number of carboxylic acids is 1. The third-order valence-electron chi connectivity index (χ3n) is 2.16. The SMILES string of the molecule is COCC(O)CCNc1cccnc1C(=O)O. The summed E-state index contributed by atoms with van der Waals surface area (Å²) in [7, 11) is 1.51. The Labute approximate surface area is 99.3 Å². The van der Waals surface area contributed by atoms with Crippen molar-refractivity contribution >= 4 is 11.7 Å². The van der Waals surface area contributed by atoms with Gasteiger partial charge in [0.05, 0.1) is 18.4 Å². The lowest BCUT2D eigenvalue weighted by molar-refractivity contribution is 0.0615. The van der Waals surface area contributed by atoms with Crippen LogP contribution < -0.4 is 5.32 Å². The second-order valence-corrected chi connectivity index (χ2v) is 3.53. The molecule has 0 bridgehead atoms. The molecule has 0 spiro atoms. The van der Waals surface area contributed by atoms with E-state index >= 15 is 0 Å². The normalized spacial score (nSPS) is 12.1. The molecule has 1 aromatic heterocycles. The van der Waals surface area contributed by atoms with Gasteiger partial charge in [0.15, 0.2) is 5.69 Å². The van der Waals surface area contributed by atoms with Gasteiger partial charge in [-0.15, -0.1) is 0 Å². The van der Waals surface area contributed by atoms with Gasteiger partial charge in [0.25, 0.3) is 0 Å². The monoisotopic (exact) mass is 240 g/mol. The van der Waals surface area contributed by atoms with E-state index in [4.69, 9.17) is 9.84 Å². The van der Waals surface area contributed by atoms with Crippen molar-refractivity contribution in [3.63, 3.8) is 0 Å². The molecule has 1 unspecified atom stereocenters. The van der Waals surface area contributed by atoms with Gasteiger partial charge in [-0.25, -0.2) is 9.78 Å². The van der Waals surface area contributed by atoms with Crippen molar-refractivity contribution < 1.29 is 19.7 Å². The Balaban J connectivity index is 2.49. The molecule has 0 saturated heterocycles. The number of pyridine rings is 1. The van der Waals surface area contributed by atoms with Crippen LogP contribution in [0.15, 0.2) is 18.3 Å². The first-order valence-electron chi connectivity index (χ1n) is 5.24. The summed E-state index contributed by atoms with van der Waals surface area (Å²) in [6.45, 7) is 0.719. The Hall–Kier alpha value is -1.66. The first-order chi connectivity index (χ1) is 8.15. The second kappa shape index (κ2) is 6.82. The van der Waals surface area contributed by atoms with Crippen LogP contribution in [-0.4, -0.2) is 47.5 Å². The van der Waals surface area contributed by atoms with E-state index in [2.05, 4.69) is 10.3 Å². The number of carbonyl (C=O) groups is 1. The van der Waals surface area contributed by atoms with Crippen LogP contribution in [0.3, 0.4) is 0 Å². The molecule has 3 N–H and O–H groups in total. The predicted octanol–water partition coefficient (Wildman–Crippen LogP) is 0.589. The molecule has 1 atom stereocenters. The zero-order chi connectivity index (χ0) is 12.7. The van der Waals surface area contributed by atoms with E-state index in [0.29, 0.717) is 18.7 Å². The number of nitrogens with zero attached hydrogens (tertiary/aromatic N) is 1. The molecule has 0 aliphatic rings. The number of anilines is 1. The average molecular weight is 240 g/mol. The highest BCUT2D eigenvalue weighted by Gasteiger charge is 2.10. The van der Waals surface area contributed by atoms with E-state index in [0.717, 1.165) is 0 Å². The van der Waals surface area contributed by atoms with E-state index in [1.54, 1.807) is 12.1 Å². The number of aliphatic hydroxyl groups excluding tert-OH is 1. The zero-order valence-corrected chi connectivity index (χ0v) is 9.59. The molecule has 0 aromatic carbocycles. The smallest absolute Gasteiger partial charge is 0.356 e. The summed E-state index contributed by atoms with van der Waals surface area (Å²) in [5, 5.41) is 21.2. The summed E-state index contributed by atoms with van der Waals surface area (Å²) >= 11 is 0. The number of aromatic nitrogens is 1. The number of hydrogen-bond acceptors (Lipinski definition) is 5. The number of aromatic carboxylic acids is 1. The quantitative estimate of drug-likeness (QED) is 0.646. The molecule has 0 aliphatic heterocycles. The molecule has 1 aromatic rings. The summed E-state index contributed by atoms with van der Waals surface area (Å²) < 4.78 is 4.78. The maximum atomic E-state index is 10.8. The van der Waals surface area contributed by atoms with Crippen molar-refractivity contribution in [2.45, 2.75) is 12.5 Å². The van der Waals surface area contributed by atoms with Crippen LogP contribution in [-0.2, 0) is 4.74 Å². The van der Waals surface area contributed by atoms with Crippen LogP contribution in [0.1, 0.15) is 16.9 Å². The minimum Gasteiger partial charge on any atom is -0.476 e. The molecule has 1 heterocycles. The second-order valence-electron chi connectivity index (χ2n) is 3.53. The number of aliphatic hydroxyl groups is 1. The minimum atomic E-state index is -1.08. The topological polar surface area (TPSA) is 91.7 Å². The average Bonchev–Trinajstić information content (AvgIpc) is 2.30. The van der Waals surface area contributed by atoms with Crippen molar-refractivity contribution in [1.82, 2.24) is 4.98 Å². The van der Waals surface area contributed by atoms with Gasteiger partial charge in [0.2, 0.25) is 0 Å². The van der Waals surface area contributed by atoms with Crippen LogP contribution in [0, 0.1) is 0 Å². The van der Waals surface area contributed by atoms with Crippen LogP contribution in [0.25, 0.3) is 0 Å². The van der Waals surface area contributed by atoms with Gasteiger partial charge in [-0.3, -0.25) is 0 Å². The lowest BCUT2D eigenvalue weighted by atomic mass is 10.2. The van der Waals surface area contributed by atoms with Gasteiger partial charge in [0.1, 0.15) is 0 Å². The first-order valence-corrected chi connectivity index (χ1v) is 5.24. The summed E-state index contributed by atoms with van der Waals surface area (Å²) in [6, 6.07) is 3.29. The number of hydrogen-bond donors (Lipinski definition) is 3. The van der Waals surface area contributed by atoms with Crippen LogP contribution >= 0.6 is 0 Å². The number of nitrogens with one attached hydrogen (secondary N) is 1. The molecule has 0 aliphatic carbocycles. The van der Waals surface area contributed by atoms with Crippen LogP contribution in [0.5, 0.6) is 0 Å². The summed E-state index contributed by atoms with van der Waals surface area (Å²) in [5.41, 5.74) is 0.429. The molecule has 0 amide bonds. The van der Waals surface area contributed by atoms with Gasteiger partial charge in [0, 0.05) is 19.9 Å². The summed E-state index contributed by atoms with van der Waals surface area (Å²) in [5.74, 6) is -1.08. The summed E-state index contributed by atoms with van der Waals surface area (Å²) in [6.07, 6.45) is 1.34. The lowest BCUT2D eigenvalue weighted by Gasteiger charge is -2.11. The van der Waals surface area contributed by atoms with E-state index in [1.165, 1.54) is 13.3 Å². The molecular formula is C11H16N2O4. The fourth-order valence-electron chi connectivity index (χ4n) is 1.37. The zero-order valence-electron chi connectivity index (χ0n) is 9.59. The fraction of sp³-hybridized carbons (Fsp3) is 0.455. The Morgan fingerprint density at radius 2 is 2.41 bits per heavy atom. The molecule has 94 valence electrons. The minimum absolute atomic E-state index is 0.0197. The Kier molecular flexibility index (Phi) is 5.38. The highest BCUT2D eigenvalue weighted by molar-refractivity contribution is 5.91. The summed E-state index contributed by atoms with van der Waals surface area (Å²) in [4.78, 5) is 14.6. The van der Waals surface area contributed by atoms with Gasteiger partial charge >= 0.3 is 5.97 Å². The third kappa shape index (κ3) is 4.38. The van der Waals surface area contributed by atoms with Crippen LogP contribution in [0.2, 0.25) is 0 Å². The third-order valence-corrected chi connectivity index (χ3v) is 2.16. The van der Waals surface area contributed by atoms with Crippen molar-refractivity contribution in [2.24, 2.45) is 0 Å². The molecule has 6 nitrogen and oxygen atoms in total. The molecule has 0 fully saturated rings. The van der Waals surface area contributed by atoms with E-state index in [9.17, 15) is 9.90 Å². The van der Waals surface area contributed by atoms with Crippen molar-refractivity contribution in [2.75, 3.05) is 25.6 Å². The van der Waals surface area contributed by atoms with Gasteiger partial charge in [-0.1, -0.05) is 0 Å². The van der Waals surface area contributed by atoms with Crippen molar-refractivity contribution in [1.29, 1.82) is 0 Å². The fourth-order valence-corrected chi connectivity index (χ4v) is 1.37. The highest BCUT2D eigenvalue weighted by Crippen LogP contribution is 2.11. The highest BCUT2D eigenvalue weighted by atomic mass is 16.5. The van der Waals surface area contributed by atoms with Gasteiger partial charge in [-0.05, 0) is 18.6 Å². The number of rotatable bonds is 7. The van der Waals surface area contributed by atoms with E-state index in [1.807, 2.05) is 0 Å². The van der Waals surface area contributed by atoms with Crippen molar-refractivity contribution in [3.8, 4) is 0 Å². The van der Waals surface area contributed by atoms with Gasteiger partial charge in [-0.2, -0.15) is 0 Å². The molecule has 0 radical (unpaired) electrons. The maximum absolute atomic E-state index is 10.8. The standard InChI is InChI=1S/C11H16N2O4/c1-17-7-8(14)4-6-12-9-3-2-5-13-10(9)11(15)16/h2-3,5,8,12,14H,4,6-7H2,1H3,(H,15,16). The molecule has 6 heteroatoms. The van der Waals surface area contributed by atoms with E-state index < -0.39 is 12.1 Å². The Morgan fingerprint density at radius 3 is 3.06 bits per heavy atom. The maximum Gasteiger partial charge on any atom is 0.356 e. The Morgan fingerprint density at radius 1 is 1.65 bits per heavy atom. The molecular weight excluding hydrogens is 224 g/mol. The number of ether oxygens (including phenoxy) is 1. The molecule has 1 rings (SSSR count). The number of methoxy groups -OCH3 is 1. The lowest BCUT2D eigenvalue weighted by Crippen LogP contribution is -2.19. The van der Waals surface area contributed by atoms with Crippen molar-refractivity contribution in [3.05, 3.63) is 24.0 Å². The van der Waals surface area contributed by atoms with E-state index in [-0.39, 0.29) is 12.3 Å². The van der Waals surface area contributed by atoms with Crippen LogP contribution in [0.4, 0.5) is 5.69 Å². The number of carboxylic acid groups (broad SMARTS) is 1. The Bertz CT molecular complexity index is 370. The first kappa shape index (κ1) is 13.4.